The number of rotatable bonds is 3. The number of amides is 1. The first-order chi connectivity index (χ1) is 7.54. The molecule has 84 valence electrons. The maximum Gasteiger partial charge on any atom is 0.251 e. The van der Waals surface area contributed by atoms with Gasteiger partial charge in [-0.1, -0.05) is 11.6 Å². The van der Waals surface area contributed by atoms with Gasteiger partial charge in [0, 0.05) is 11.6 Å². The van der Waals surface area contributed by atoms with Crippen LogP contribution in [0.5, 0.6) is 0 Å². The van der Waals surface area contributed by atoms with Crippen LogP contribution in [0, 0.1) is 11.3 Å². The third-order valence-electron chi connectivity index (χ3n) is 2.03. The Kier molecular flexibility index (Phi) is 4.15. The maximum absolute atomic E-state index is 11.7. The third kappa shape index (κ3) is 3.14. The topological polar surface area (TPSA) is 78.9 Å². The van der Waals surface area contributed by atoms with Gasteiger partial charge in [-0.15, -0.1) is 0 Å². The van der Waals surface area contributed by atoms with Crippen LogP contribution in [0.15, 0.2) is 18.2 Å². The minimum atomic E-state index is -0.258. The lowest BCUT2D eigenvalue weighted by Gasteiger charge is -2.10. The Balaban J connectivity index is 2.74. The molecule has 0 aliphatic heterocycles. The molecular weight excluding hydrogens is 226 g/mol. The zero-order chi connectivity index (χ0) is 12.1. The number of carbonyl (C=O) groups is 1. The summed E-state index contributed by atoms with van der Waals surface area (Å²) in [6.07, 6.45) is 0.273. The molecule has 4 nitrogen and oxygen atoms in total. The fourth-order valence-electron chi connectivity index (χ4n) is 1.18. The van der Waals surface area contributed by atoms with Gasteiger partial charge in [-0.2, -0.15) is 5.26 Å². The third-order valence-corrected chi connectivity index (χ3v) is 2.38. The summed E-state index contributed by atoms with van der Waals surface area (Å²) >= 11 is 5.74. The molecule has 5 heteroatoms. The summed E-state index contributed by atoms with van der Waals surface area (Å²) in [6.45, 7) is 1.76. The van der Waals surface area contributed by atoms with Crippen LogP contribution in [0.4, 0.5) is 5.69 Å². The molecule has 0 heterocycles. The van der Waals surface area contributed by atoms with E-state index in [-0.39, 0.29) is 18.4 Å². The molecule has 0 saturated carbocycles. The van der Waals surface area contributed by atoms with Crippen LogP contribution in [0.1, 0.15) is 23.7 Å². The molecule has 1 aromatic carbocycles. The van der Waals surface area contributed by atoms with Crippen LogP contribution in [-0.2, 0) is 0 Å². The van der Waals surface area contributed by atoms with Gasteiger partial charge < -0.3 is 11.1 Å². The van der Waals surface area contributed by atoms with Crippen LogP contribution in [0.3, 0.4) is 0 Å². The number of hydrogen-bond acceptors (Lipinski definition) is 3. The monoisotopic (exact) mass is 237 g/mol. The molecule has 1 amide bonds. The number of benzene rings is 1. The Bertz CT molecular complexity index is 439. The normalized spacial score (nSPS) is 11.6. The number of carbonyl (C=O) groups excluding carboxylic acids is 1. The zero-order valence-electron chi connectivity index (χ0n) is 8.83. The van der Waals surface area contributed by atoms with Gasteiger partial charge in [0.15, 0.2) is 0 Å². The quantitative estimate of drug-likeness (QED) is 0.789. The first-order valence-corrected chi connectivity index (χ1v) is 5.15. The smallest absolute Gasteiger partial charge is 0.251 e. The highest BCUT2D eigenvalue weighted by molar-refractivity contribution is 6.33. The van der Waals surface area contributed by atoms with E-state index in [0.29, 0.717) is 16.3 Å². The molecule has 0 aromatic heterocycles. The van der Waals surface area contributed by atoms with Crippen LogP contribution < -0.4 is 11.1 Å². The van der Waals surface area contributed by atoms with Gasteiger partial charge >= 0.3 is 0 Å². The van der Waals surface area contributed by atoms with Crippen molar-refractivity contribution in [2.75, 3.05) is 5.73 Å². The molecule has 1 rings (SSSR count). The standard InChI is InChI=1S/C11H12ClN3O/c1-7(4-5-13)15-11(16)8-2-3-9(12)10(14)6-8/h2-3,6-7H,4,14H2,1H3,(H,15,16). The highest BCUT2D eigenvalue weighted by Crippen LogP contribution is 2.19. The Morgan fingerprint density at radius 2 is 2.38 bits per heavy atom. The fraction of sp³-hybridized carbons (Fsp3) is 0.273. The lowest BCUT2D eigenvalue weighted by atomic mass is 10.1. The lowest BCUT2D eigenvalue weighted by molar-refractivity contribution is 0.0941. The number of nitrogens with one attached hydrogen (secondary N) is 1. The zero-order valence-corrected chi connectivity index (χ0v) is 9.58. The molecule has 0 spiro atoms. The van der Waals surface area contributed by atoms with E-state index in [9.17, 15) is 4.79 Å². The Hall–Kier alpha value is -1.73. The molecule has 0 saturated heterocycles. The van der Waals surface area contributed by atoms with Crippen molar-refractivity contribution < 1.29 is 4.79 Å². The van der Waals surface area contributed by atoms with Gasteiger partial charge in [0.1, 0.15) is 0 Å². The Morgan fingerprint density at radius 1 is 1.69 bits per heavy atom. The molecule has 1 unspecified atom stereocenters. The fourth-order valence-corrected chi connectivity index (χ4v) is 1.30. The average molecular weight is 238 g/mol. The van der Waals surface area contributed by atoms with Crippen molar-refractivity contribution in [1.82, 2.24) is 5.32 Å². The lowest BCUT2D eigenvalue weighted by Crippen LogP contribution is -2.32. The summed E-state index contributed by atoms with van der Waals surface area (Å²) in [4.78, 5) is 11.7. The van der Waals surface area contributed by atoms with Gasteiger partial charge in [-0.25, -0.2) is 0 Å². The van der Waals surface area contributed by atoms with Crippen LogP contribution in [0.25, 0.3) is 0 Å². The van der Waals surface area contributed by atoms with E-state index in [1.54, 1.807) is 19.1 Å². The van der Waals surface area contributed by atoms with E-state index in [1.165, 1.54) is 6.07 Å². The number of halogens is 1. The molecule has 3 N–H and O–H groups in total. The van der Waals surface area contributed by atoms with Crippen molar-refractivity contribution >= 4 is 23.2 Å². The van der Waals surface area contributed by atoms with Crippen molar-refractivity contribution in [3.05, 3.63) is 28.8 Å². The second kappa shape index (κ2) is 5.38. The first-order valence-electron chi connectivity index (χ1n) is 4.77. The SMILES string of the molecule is CC(CC#N)NC(=O)c1ccc(Cl)c(N)c1. The minimum absolute atomic E-state index is 0.186. The predicted molar refractivity (Wildman–Crippen MR) is 63.0 cm³/mol. The summed E-state index contributed by atoms with van der Waals surface area (Å²) in [5, 5.41) is 11.6. The number of nitrogen functional groups attached to an aromatic ring is 1. The number of nitrogens with two attached hydrogens (primary N) is 1. The molecule has 0 fully saturated rings. The van der Waals surface area contributed by atoms with Crippen molar-refractivity contribution in [3.8, 4) is 6.07 Å². The van der Waals surface area contributed by atoms with Crippen LogP contribution in [0.2, 0.25) is 5.02 Å². The minimum Gasteiger partial charge on any atom is -0.398 e. The van der Waals surface area contributed by atoms with E-state index in [0.717, 1.165) is 0 Å². The summed E-state index contributed by atoms with van der Waals surface area (Å²) in [5.41, 5.74) is 6.38. The highest BCUT2D eigenvalue weighted by Gasteiger charge is 2.10. The molecule has 0 aliphatic rings. The van der Waals surface area contributed by atoms with Gasteiger partial charge in [0.25, 0.3) is 5.91 Å². The molecule has 0 aliphatic carbocycles. The summed E-state index contributed by atoms with van der Waals surface area (Å²) in [7, 11) is 0. The number of anilines is 1. The van der Waals surface area contributed by atoms with E-state index in [4.69, 9.17) is 22.6 Å². The molecule has 1 atom stereocenters. The largest absolute Gasteiger partial charge is 0.398 e. The maximum atomic E-state index is 11.7. The number of nitrogens with zero attached hydrogens (tertiary/aromatic N) is 1. The van der Waals surface area contributed by atoms with Crippen molar-refractivity contribution in [3.63, 3.8) is 0 Å². The molecule has 0 radical (unpaired) electrons. The molecule has 1 aromatic rings. The summed E-state index contributed by atoms with van der Waals surface area (Å²) < 4.78 is 0. The summed E-state index contributed by atoms with van der Waals surface area (Å²) in [5.74, 6) is -0.258. The number of hydrogen-bond donors (Lipinski definition) is 2. The van der Waals surface area contributed by atoms with Crippen LogP contribution >= 0.6 is 11.6 Å². The van der Waals surface area contributed by atoms with E-state index in [2.05, 4.69) is 5.32 Å². The Morgan fingerprint density at radius 3 is 2.94 bits per heavy atom. The molecular formula is C11H12ClN3O. The second-order valence-corrected chi connectivity index (χ2v) is 3.88. The highest BCUT2D eigenvalue weighted by atomic mass is 35.5. The number of nitriles is 1. The van der Waals surface area contributed by atoms with E-state index in [1.807, 2.05) is 6.07 Å². The van der Waals surface area contributed by atoms with Gasteiger partial charge in [-0.3, -0.25) is 4.79 Å². The molecule has 16 heavy (non-hydrogen) atoms. The van der Waals surface area contributed by atoms with Crippen LogP contribution in [-0.4, -0.2) is 11.9 Å². The molecule has 0 bridgehead atoms. The summed E-state index contributed by atoms with van der Waals surface area (Å²) in [6, 6.07) is 6.47. The van der Waals surface area contributed by atoms with Gasteiger partial charge in [0.2, 0.25) is 0 Å². The van der Waals surface area contributed by atoms with Crippen molar-refractivity contribution in [1.29, 1.82) is 5.26 Å². The Labute approximate surface area is 99.0 Å². The average Bonchev–Trinajstić information content (AvgIpc) is 2.22. The van der Waals surface area contributed by atoms with E-state index < -0.39 is 0 Å². The van der Waals surface area contributed by atoms with Gasteiger partial charge in [0.05, 0.1) is 23.2 Å². The van der Waals surface area contributed by atoms with Gasteiger partial charge in [-0.05, 0) is 25.1 Å². The second-order valence-electron chi connectivity index (χ2n) is 3.47. The van der Waals surface area contributed by atoms with Crippen molar-refractivity contribution in [2.24, 2.45) is 0 Å². The van der Waals surface area contributed by atoms with Crippen molar-refractivity contribution in [2.45, 2.75) is 19.4 Å². The predicted octanol–water partition coefficient (Wildman–Crippen LogP) is 1.95. The first kappa shape index (κ1) is 12.3. The van der Waals surface area contributed by atoms with E-state index >= 15 is 0 Å².